The third-order valence-corrected chi connectivity index (χ3v) is 4.03. The first-order chi connectivity index (χ1) is 13.0. The van der Waals surface area contributed by atoms with E-state index in [1.807, 2.05) is 0 Å². The molecule has 0 bridgehead atoms. The van der Waals surface area contributed by atoms with Gasteiger partial charge in [0.1, 0.15) is 5.82 Å². The van der Waals surface area contributed by atoms with Crippen LogP contribution in [0.1, 0.15) is 20.7 Å². The van der Waals surface area contributed by atoms with Crippen LogP contribution in [-0.4, -0.2) is 45.3 Å². The van der Waals surface area contributed by atoms with Crippen LogP contribution in [0.5, 0.6) is 0 Å². The van der Waals surface area contributed by atoms with E-state index < -0.39 is 17.8 Å². The number of aromatic carboxylic acids is 1. The minimum Gasteiger partial charge on any atom is -0.478 e. The number of hydrazine groups is 1. The highest BCUT2D eigenvalue weighted by molar-refractivity contribution is 8.14. The second-order valence-corrected chi connectivity index (χ2v) is 6.08. The van der Waals surface area contributed by atoms with E-state index in [0.717, 1.165) is 18.0 Å². The summed E-state index contributed by atoms with van der Waals surface area (Å²) in [6, 6.07) is 11.3. The van der Waals surface area contributed by atoms with E-state index in [1.54, 1.807) is 30.3 Å². The first kappa shape index (κ1) is 19.9. The van der Waals surface area contributed by atoms with Crippen molar-refractivity contribution < 1.29 is 24.3 Å². The molecule has 0 aliphatic carbocycles. The van der Waals surface area contributed by atoms with E-state index in [0.29, 0.717) is 5.56 Å². The molecule has 0 saturated carbocycles. The van der Waals surface area contributed by atoms with Crippen molar-refractivity contribution in [3.8, 4) is 0 Å². The quantitative estimate of drug-likeness (QED) is 0.490. The molecule has 1 aromatic heterocycles. The van der Waals surface area contributed by atoms with Crippen molar-refractivity contribution in [3.05, 3.63) is 59.8 Å². The number of pyridine rings is 1. The Labute approximate surface area is 158 Å². The molecule has 0 fully saturated rings. The molecule has 0 atom stereocenters. The van der Waals surface area contributed by atoms with Gasteiger partial charge in [-0.25, -0.2) is 9.78 Å². The number of carboxylic acid groups (broad SMARTS) is 1. The second kappa shape index (κ2) is 9.92. The molecule has 4 N–H and O–H groups in total. The van der Waals surface area contributed by atoms with Crippen molar-refractivity contribution in [2.75, 3.05) is 17.7 Å². The van der Waals surface area contributed by atoms with Gasteiger partial charge >= 0.3 is 5.97 Å². The van der Waals surface area contributed by atoms with Crippen molar-refractivity contribution in [1.29, 1.82) is 0 Å². The molecule has 0 radical (unpaired) electrons. The number of amides is 2. The lowest BCUT2D eigenvalue weighted by Crippen LogP contribution is -2.40. The summed E-state index contributed by atoms with van der Waals surface area (Å²) in [5.74, 6) is -1.96. The number of carbonyl (C=O) groups is 4. The number of hydrogen-bond acceptors (Lipinski definition) is 7. The highest BCUT2D eigenvalue weighted by Gasteiger charge is 2.11. The van der Waals surface area contributed by atoms with Crippen LogP contribution in [-0.2, 0) is 9.59 Å². The zero-order valence-corrected chi connectivity index (χ0v) is 14.8. The Morgan fingerprint density at radius 2 is 1.70 bits per heavy atom. The second-order valence-electron chi connectivity index (χ2n) is 5.13. The number of aromatic nitrogens is 1. The average molecular weight is 388 g/mol. The Bertz CT molecular complexity index is 827. The van der Waals surface area contributed by atoms with Crippen LogP contribution in [0.3, 0.4) is 0 Å². The first-order valence-corrected chi connectivity index (χ1v) is 8.67. The lowest BCUT2D eigenvalue weighted by atomic mass is 10.2. The minimum absolute atomic E-state index is 0.0155. The summed E-state index contributed by atoms with van der Waals surface area (Å²) in [7, 11) is 0. The van der Waals surface area contributed by atoms with E-state index in [4.69, 9.17) is 5.11 Å². The average Bonchev–Trinajstić information content (AvgIpc) is 2.69. The Morgan fingerprint density at radius 3 is 2.33 bits per heavy atom. The van der Waals surface area contributed by atoms with E-state index in [1.165, 1.54) is 12.1 Å². The molecule has 1 heterocycles. The fraction of sp³-hybridized carbons (Fsp3) is 0.118. The molecule has 0 unspecified atom stereocenters. The molecule has 2 amide bonds. The van der Waals surface area contributed by atoms with Gasteiger partial charge in [-0.05, 0) is 12.1 Å². The molecular formula is C17H16N4O5S. The fourth-order valence-electron chi connectivity index (χ4n) is 1.79. The Hall–Kier alpha value is -3.40. The molecule has 1 aromatic carbocycles. The maximum absolute atomic E-state index is 11.9. The van der Waals surface area contributed by atoms with Gasteiger partial charge in [0.05, 0.1) is 17.9 Å². The number of anilines is 1. The van der Waals surface area contributed by atoms with Gasteiger partial charge in [-0.15, -0.1) is 0 Å². The standard InChI is InChI=1S/C17H16N4O5S/c22-14(21-20-13-7-6-12(8-18-13)16(24)25)9-19-15(23)10-27-17(26)11-4-2-1-3-5-11/h1-8H,9-10H2,(H,18,20)(H,19,23)(H,21,22)(H,24,25). The molecule has 10 heteroatoms. The topological polar surface area (TPSA) is 137 Å². The number of benzene rings is 1. The first-order valence-electron chi connectivity index (χ1n) is 7.69. The zero-order chi connectivity index (χ0) is 19.6. The van der Waals surface area contributed by atoms with Gasteiger partial charge in [0.15, 0.2) is 0 Å². The number of carbonyl (C=O) groups excluding carboxylic acids is 3. The fourth-order valence-corrected chi connectivity index (χ4v) is 2.46. The molecule has 0 aliphatic heterocycles. The van der Waals surface area contributed by atoms with Gasteiger partial charge in [-0.1, -0.05) is 42.1 Å². The summed E-state index contributed by atoms with van der Waals surface area (Å²) < 4.78 is 0. The van der Waals surface area contributed by atoms with Crippen molar-refractivity contribution >= 4 is 40.5 Å². The van der Waals surface area contributed by atoms with Crippen LogP contribution in [0, 0.1) is 0 Å². The molecular weight excluding hydrogens is 372 g/mol. The number of hydrogen-bond donors (Lipinski definition) is 4. The number of rotatable bonds is 8. The normalized spacial score (nSPS) is 9.93. The SMILES string of the molecule is O=C(CSC(=O)c1ccccc1)NCC(=O)NNc1ccc(C(=O)O)cn1. The van der Waals surface area contributed by atoms with Crippen molar-refractivity contribution in [2.24, 2.45) is 0 Å². The predicted molar refractivity (Wildman–Crippen MR) is 99.2 cm³/mol. The van der Waals surface area contributed by atoms with Crippen LogP contribution >= 0.6 is 11.8 Å². The molecule has 0 spiro atoms. The molecule has 2 aromatic rings. The van der Waals surface area contributed by atoms with E-state index in [9.17, 15) is 19.2 Å². The van der Waals surface area contributed by atoms with Crippen LogP contribution in [0.2, 0.25) is 0 Å². The van der Waals surface area contributed by atoms with Gasteiger partial charge in [0.2, 0.25) is 11.0 Å². The Kier molecular flexibility index (Phi) is 7.32. The van der Waals surface area contributed by atoms with Crippen LogP contribution < -0.4 is 16.2 Å². The number of nitrogens with zero attached hydrogens (tertiary/aromatic N) is 1. The molecule has 9 nitrogen and oxygen atoms in total. The number of carboxylic acids is 1. The third-order valence-electron chi connectivity index (χ3n) is 3.13. The van der Waals surface area contributed by atoms with Crippen LogP contribution in [0.15, 0.2) is 48.7 Å². The van der Waals surface area contributed by atoms with Gasteiger partial charge in [0.25, 0.3) is 5.91 Å². The van der Waals surface area contributed by atoms with E-state index >= 15 is 0 Å². The molecule has 2 rings (SSSR count). The predicted octanol–water partition coefficient (Wildman–Crippen LogP) is 0.913. The van der Waals surface area contributed by atoms with Gasteiger partial charge < -0.3 is 10.4 Å². The van der Waals surface area contributed by atoms with Gasteiger partial charge in [0, 0.05) is 11.8 Å². The minimum atomic E-state index is -1.11. The Morgan fingerprint density at radius 1 is 0.963 bits per heavy atom. The number of nitrogens with one attached hydrogen (secondary N) is 3. The summed E-state index contributed by atoms with van der Waals surface area (Å²) in [4.78, 5) is 49.8. The van der Waals surface area contributed by atoms with Crippen LogP contribution in [0.4, 0.5) is 5.82 Å². The molecule has 0 aliphatic rings. The van der Waals surface area contributed by atoms with E-state index in [2.05, 4.69) is 21.2 Å². The highest BCUT2D eigenvalue weighted by Crippen LogP contribution is 2.11. The van der Waals surface area contributed by atoms with E-state index in [-0.39, 0.29) is 28.8 Å². The lowest BCUT2D eigenvalue weighted by molar-refractivity contribution is -0.124. The summed E-state index contributed by atoms with van der Waals surface area (Å²) in [6.45, 7) is -0.293. The third kappa shape index (κ3) is 6.78. The maximum atomic E-state index is 11.9. The molecule has 27 heavy (non-hydrogen) atoms. The summed E-state index contributed by atoms with van der Waals surface area (Å²) in [5.41, 5.74) is 5.31. The molecule has 0 saturated heterocycles. The Balaban J connectivity index is 1.66. The number of thioether (sulfide) groups is 1. The van der Waals surface area contributed by atoms with Gasteiger partial charge in [-0.2, -0.15) is 0 Å². The highest BCUT2D eigenvalue weighted by atomic mass is 32.2. The summed E-state index contributed by atoms with van der Waals surface area (Å²) >= 11 is 0.847. The zero-order valence-electron chi connectivity index (χ0n) is 14.0. The lowest BCUT2D eigenvalue weighted by Gasteiger charge is -2.08. The van der Waals surface area contributed by atoms with Crippen molar-refractivity contribution in [1.82, 2.24) is 15.7 Å². The van der Waals surface area contributed by atoms with Crippen molar-refractivity contribution in [2.45, 2.75) is 0 Å². The van der Waals surface area contributed by atoms with Crippen molar-refractivity contribution in [3.63, 3.8) is 0 Å². The largest absolute Gasteiger partial charge is 0.478 e. The molecule has 140 valence electrons. The monoisotopic (exact) mass is 388 g/mol. The van der Waals surface area contributed by atoms with Gasteiger partial charge in [-0.3, -0.25) is 25.2 Å². The van der Waals surface area contributed by atoms with Crippen LogP contribution in [0.25, 0.3) is 0 Å². The summed E-state index contributed by atoms with van der Waals surface area (Å²) in [6.07, 6.45) is 1.14. The smallest absolute Gasteiger partial charge is 0.337 e. The maximum Gasteiger partial charge on any atom is 0.337 e. The summed E-state index contributed by atoms with van der Waals surface area (Å²) in [5, 5.41) is 10.9.